The Bertz CT molecular complexity index is 641. The Morgan fingerprint density at radius 2 is 1.90 bits per heavy atom. The van der Waals surface area contributed by atoms with Gasteiger partial charge in [-0.05, 0) is 31.4 Å². The Hall–Kier alpha value is -1.51. The van der Waals surface area contributed by atoms with Gasteiger partial charge in [0.25, 0.3) is 5.69 Å². The summed E-state index contributed by atoms with van der Waals surface area (Å²) in [5.74, 6) is 0.0197. The summed E-state index contributed by atoms with van der Waals surface area (Å²) in [6.07, 6.45) is 0. The Kier molecular flexibility index (Phi) is 5.43. The van der Waals surface area contributed by atoms with Crippen LogP contribution in [0.5, 0.6) is 0 Å². The zero-order chi connectivity index (χ0) is 16.4. The Balaban J connectivity index is 3.29. The summed E-state index contributed by atoms with van der Waals surface area (Å²) in [5, 5.41) is 11.0. The number of sulfonamides is 1. The molecular formula is C13H21N3O4S. The minimum absolute atomic E-state index is 0.0197. The molecule has 0 aliphatic rings. The molecule has 0 aliphatic heterocycles. The van der Waals surface area contributed by atoms with Crippen LogP contribution in [0.2, 0.25) is 0 Å². The maximum absolute atomic E-state index is 12.4. The number of hydrogen-bond acceptors (Lipinski definition) is 5. The van der Waals surface area contributed by atoms with E-state index in [4.69, 9.17) is 5.73 Å². The molecule has 21 heavy (non-hydrogen) atoms. The van der Waals surface area contributed by atoms with E-state index < -0.39 is 21.0 Å². The van der Waals surface area contributed by atoms with E-state index in [1.807, 2.05) is 13.8 Å². The normalized spacial score (nSPS) is 13.4. The van der Waals surface area contributed by atoms with E-state index in [0.717, 1.165) is 6.07 Å². The summed E-state index contributed by atoms with van der Waals surface area (Å²) in [4.78, 5) is 10.3. The molecule has 0 bridgehead atoms. The van der Waals surface area contributed by atoms with E-state index in [0.29, 0.717) is 11.1 Å². The van der Waals surface area contributed by atoms with Crippen molar-refractivity contribution in [1.29, 1.82) is 0 Å². The van der Waals surface area contributed by atoms with E-state index in [-0.39, 0.29) is 23.0 Å². The van der Waals surface area contributed by atoms with Gasteiger partial charge in [-0.25, -0.2) is 13.1 Å². The first-order chi connectivity index (χ1) is 9.60. The minimum Gasteiger partial charge on any atom is -0.329 e. The van der Waals surface area contributed by atoms with E-state index in [1.54, 1.807) is 13.8 Å². The van der Waals surface area contributed by atoms with Crippen LogP contribution in [0.4, 0.5) is 5.69 Å². The average Bonchev–Trinajstić information content (AvgIpc) is 2.38. The van der Waals surface area contributed by atoms with Gasteiger partial charge in [0.1, 0.15) is 0 Å². The molecule has 8 heteroatoms. The van der Waals surface area contributed by atoms with Crippen LogP contribution in [0.25, 0.3) is 0 Å². The molecule has 3 N–H and O–H groups in total. The lowest BCUT2D eigenvalue weighted by Gasteiger charge is -2.20. The fraction of sp³-hybridized carbons (Fsp3) is 0.538. The second-order valence-electron chi connectivity index (χ2n) is 5.35. The SMILES string of the molecule is Cc1cc(S(=O)(=O)NC(CN)C(C)C)cc([N+](=O)[O-])c1C. The third kappa shape index (κ3) is 3.99. The number of nitrogens with two attached hydrogens (primary N) is 1. The zero-order valence-corrected chi connectivity index (χ0v) is 13.4. The predicted octanol–water partition coefficient (Wildman–Crippen LogP) is 1.47. The molecule has 118 valence electrons. The van der Waals surface area contributed by atoms with Crippen LogP contribution >= 0.6 is 0 Å². The van der Waals surface area contributed by atoms with Crippen LogP contribution in [0, 0.1) is 29.9 Å². The van der Waals surface area contributed by atoms with Gasteiger partial charge in [0.05, 0.1) is 9.82 Å². The molecular weight excluding hydrogens is 294 g/mol. The van der Waals surface area contributed by atoms with E-state index in [1.165, 1.54) is 6.07 Å². The van der Waals surface area contributed by atoms with Gasteiger partial charge in [-0.15, -0.1) is 0 Å². The van der Waals surface area contributed by atoms with Gasteiger partial charge < -0.3 is 5.73 Å². The third-order valence-electron chi connectivity index (χ3n) is 3.49. The van der Waals surface area contributed by atoms with Crippen molar-refractivity contribution >= 4 is 15.7 Å². The number of hydrogen-bond donors (Lipinski definition) is 2. The van der Waals surface area contributed by atoms with Crippen molar-refractivity contribution < 1.29 is 13.3 Å². The minimum atomic E-state index is -3.85. The van der Waals surface area contributed by atoms with Gasteiger partial charge in [0.2, 0.25) is 10.0 Å². The van der Waals surface area contributed by atoms with Crippen LogP contribution in [-0.2, 0) is 10.0 Å². The van der Waals surface area contributed by atoms with Crippen molar-refractivity contribution in [2.75, 3.05) is 6.54 Å². The smallest absolute Gasteiger partial charge is 0.273 e. The number of nitrogens with one attached hydrogen (secondary N) is 1. The summed E-state index contributed by atoms with van der Waals surface area (Å²) in [7, 11) is -3.85. The fourth-order valence-corrected chi connectivity index (χ4v) is 3.38. The predicted molar refractivity (Wildman–Crippen MR) is 80.6 cm³/mol. The summed E-state index contributed by atoms with van der Waals surface area (Å²) >= 11 is 0. The second-order valence-corrected chi connectivity index (χ2v) is 7.06. The molecule has 0 spiro atoms. The molecule has 1 atom stereocenters. The van der Waals surface area contributed by atoms with Crippen LogP contribution in [0.3, 0.4) is 0 Å². The van der Waals surface area contributed by atoms with Gasteiger partial charge >= 0.3 is 0 Å². The van der Waals surface area contributed by atoms with Crippen molar-refractivity contribution in [3.63, 3.8) is 0 Å². The highest BCUT2D eigenvalue weighted by Crippen LogP contribution is 2.26. The largest absolute Gasteiger partial charge is 0.329 e. The summed E-state index contributed by atoms with van der Waals surface area (Å²) in [6.45, 7) is 7.09. The van der Waals surface area contributed by atoms with Crippen molar-refractivity contribution in [3.8, 4) is 0 Å². The number of benzene rings is 1. The summed E-state index contributed by atoms with van der Waals surface area (Å²) in [6, 6.07) is 2.09. The van der Waals surface area contributed by atoms with Gasteiger partial charge in [0.15, 0.2) is 0 Å². The first kappa shape index (κ1) is 17.5. The second kappa shape index (κ2) is 6.50. The highest BCUT2D eigenvalue weighted by Gasteiger charge is 2.25. The fourth-order valence-electron chi connectivity index (χ4n) is 1.88. The maximum Gasteiger partial charge on any atom is 0.273 e. The van der Waals surface area contributed by atoms with Crippen LogP contribution < -0.4 is 10.5 Å². The monoisotopic (exact) mass is 315 g/mol. The Labute approximate surface area is 124 Å². The molecule has 7 nitrogen and oxygen atoms in total. The molecule has 0 amide bonds. The van der Waals surface area contributed by atoms with Crippen molar-refractivity contribution in [1.82, 2.24) is 4.72 Å². The molecule has 0 aromatic heterocycles. The highest BCUT2D eigenvalue weighted by atomic mass is 32.2. The molecule has 0 aliphatic carbocycles. The molecule has 0 heterocycles. The standard InChI is InChI=1S/C13H21N3O4S/c1-8(2)12(7-14)15-21(19,20)11-5-9(3)10(4)13(6-11)16(17)18/h5-6,8,12,15H,7,14H2,1-4H3. The highest BCUT2D eigenvalue weighted by molar-refractivity contribution is 7.89. The molecule has 1 aromatic rings. The van der Waals surface area contributed by atoms with Crippen molar-refractivity contribution in [3.05, 3.63) is 33.4 Å². The first-order valence-corrected chi connectivity index (χ1v) is 8.06. The Morgan fingerprint density at radius 3 is 2.33 bits per heavy atom. The number of nitrogens with zero attached hydrogens (tertiary/aromatic N) is 1. The number of aryl methyl sites for hydroxylation is 1. The van der Waals surface area contributed by atoms with Crippen molar-refractivity contribution in [2.24, 2.45) is 11.7 Å². The van der Waals surface area contributed by atoms with Crippen molar-refractivity contribution in [2.45, 2.75) is 38.6 Å². The van der Waals surface area contributed by atoms with Gasteiger partial charge in [-0.1, -0.05) is 13.8 Å². The van der Waals surface area contributed by atoms with Crippen LogP contribution in [-0.4, -0.2) is 25.9 Å². The lowest BCUT2D eigenvalue weighted by molar-refractivity contribution is -0.385. The zero-order valence-electron chi connectivity index (χ0n) is 12.6. The van der Waals surface area contributed by atoms with Gasteiger partial charge in [-0.2, -0.15) is 0 Å². The quantitative estimate of drug-likeness (QED) is 0.609. The van der Waals surface area contributed by atoms with E-state index >= 15 is 0 Å². The average molecular weight is 315 g/mol. The van der Waals surface area contributed by atoms with Crippen LogP contribution in [0.1, 0.15) is 25.0 Å². The van der Waals surface area contributed by atoms with Crippen LogP contribution in [0.15, 0.2) is 17.0 Å². The molecule has 0 saturated carbocycles. The molecule has 1 aromatic carbocycles. The summed E-state index contributed by atoms with van der Waals surface area (Å²) < 4.78 is 27.2. The topological polar surface area (TPSA) is 115 Å². The molecule has 1 unspecified atom stereocenters. The first-order valence-electron chi connectivity index (χ1n) is 6.58. The number of nitro benzene ring substituents is 1. The molecule has 1 rings (SSSR count). The van der Waals surface area contributed by atoms with E-state index in [9.17, 15) is 18.5 Å². The van der Waals surface area contributed by atoms with Gasteiger partial charge in [0, 0.05) is 24.2 Å². The lowest BCUT2D eigenvalue weighted by Crippen LogP contribution is -2.43. The number of nitro groups is 1. The maximum atomic E-state index is 12.4. The molecule has 0 radical (unpaired) electrons. The Morgan fingerprint density at radius 1 is 1.33 bits per heavy atom. The summed E-state index contributed by atoms with van der Waals surface area (Å²) in [5.41, 5.74) is 6.36. The number of rotatable bonds is 6. The van der Waals surface area contributed by atoms with E-state index in [2.05, 4.69) is 4.72 Å². The molecule has 0 saturated heterocycles. The third-order valence-corrected chi connectivity index (χ3v) is 4.96. The molecule has 0 fully saturated rings. The lowest BCUT2D eigenvalue weighted by atomic mass is 10.1. The van der Waals surface area contributed by atoms with Gasteiger partial charge in [-0.3, -0.25) is 10.1 Å².